The average molecular weight is 534 g/mol. The first-order valence-corrected chi connectivity index (χ1v) is 14.7. The van der Waals surface area contributed by atoms with E-state index >= 15 is 0 Å². The number of fused-ring (bicyclic) bond motifs is 1. The molecule has 0 aliphatic carbocycles. The lowest BCUT2D eigenvalue weighted by Gasteiger charge is -2.35. The SMILES string of the molecule is Cc1ccc(S(=O)(=O)N2CC(C(=O)NCc3ccc(CN4CCCCC4)cc3)Oc3ccc(C)cc32)cc1. The lowest BCUT2D eigenvalue weighted by molar-refractivity contribution is -0.127. The molecule has 2 aliphatic rings. The number of benzene rings is 3. The summed E-state index contributed by atoms with van der Waals surface area (Å²) in [7, 11) is -3.89. The van der Waals surface area contributed by atoms with Crippen molar-refractivity contribution < 1.29 is 17.9 Å². The summed E-state index contributed by atoms with van der Waals surface area (Å²) in [6.45, 7) is 7.30. The highest BCUT2D eigenvalue weighted by Gasteiger charge is 2.37. The quantitative estimate of drug-likeness (QED) is 0.482. The van der Waals surface area contributed by atoms with Crippen LogP contribution in [0.15, 0.2) is 71.6 Å². The van der Waals surface area contributed by atoms with Crippen LogP contribution in [-0.4, -0.2) is 45.0 Å². The Morgan fingerprint density at radius 1 is 0.895 bits per heavy atom. The maximum absolute atomic E-state index is 13.6. The van der Waals surface area contributed by atoms with Crippen LogP contribution in [0, 0.1) is 13.8 Å². The number of carbonyl (C=O) groups is 1. The molecule has 3 aromatic carbocycles. The van der Waals surface area contributed by atoms with Crippen molar-refractivity contribution in [2.45, 2.75) is 57.2 Å². The molecule has 2 heterocycles. The number of aryl methyl sites for hydroxylation is 2. The highest BCUT2D eigenvalue weighted by molar-refractivity contribution is 7.92. The number of carbonyl (C=O) groups excluding carboxylic acids is 1. The number of anilines is 1. The van der Waals surface area contributed by atoms with Gasteiger partial charge in [-0.15, -0.1) is 0 Å². The van der Waals surface area contributed by atoms with Crippen LogP contribution in [0.3, 0.4) is 0 Å². The van der Waals surface area contributed by atoms with Gasteiger partial charge in [-0.1, -0.05) is 54.4 Å². The number of ether oxygens (including phenoxy) is 1. The minimum atomic E-state index is -3.89. The Morgan fingerprint density at radius 3 is 2.26 bits per heavy atom. The van der Waals surface area contributed by atoms with Crippen LogP contribution < -0.4 is 14.4 Å². The van der Waals surface area contributed by atoms with Gasteiger partial charge in [-0.3, -0.25) is 14.0 Å². The van der Waals surface area contributed by atoms with Gasteiger partial charge in [0.25, 0.3) is 15.9 Å². The minimum absolute atomic E-state index is 0.104. The van der Waals surface area contributed by atoms with Crippen LogP contribution in [0.5, 0.6) is 5.75 Å². The Kier molecular flexibility index (Phi) is 7.72. The summed E-state index contributed by atoms with van der Waals surface area (Å²) in [5, 5.41) is 2.94. The molecular formula is C30H35N3O4S. The van der Waals surface area contributed by atoms with Crippen molar-refractivity contribution in [3.05, 3.63) is 89.0 Å². The molecule has 3 aromatic rings. The number of nitrogens with one attached hydrogen (secondary N) is 1. The van der Waals surface area contributed by atoms with Gasteiger partial charge in [0.1, 0.15) is 5.75 Å². The van der Waals surface area contributed by atoms with Gasteiger partial charge in [0.15, 0.2) is 6.10 Å². The van der Waals surface area contributed by atoms with E-state index in [2.05, 4.69) is 22.3 Å². The van der Waals surface area contributed by atoms with Crippen LogP contribution in [0.2, 0.25) is 0 Å². The number of sulfonamides is 1. The summed E-state index contributed by atoms with van der Waals surface area (Å²) in [5.41, 5.74) is 4.57. The van der Waals surface area contributed by atoms with Crippen molar-refractivity contribution >= 4 is 21.6 Å². The molecular weight excluding hydrogens is 498 g/mol. The van der Waals surface area contributed by atoms with E-state index in [4.69, 9.17) is 4.74 Å². The molecule has 1 amide bonds. The Morgan fingerprint density at radius 2 is 1.55 bits per heavy atom. The summed E-state index contributed by atoms with van der Waals surface area (Å²) in [6.07, 6.45) is 2.88. The fraction of sp³-hybridized carbons (Fsp3) is 0.367. The van der Waals surface area contributed by atoms with Crippen LogP contribution >= 0.6 is 0 Å². The van der Waals surface area contributed by atoms with Gasteiger partial charge in [0, 0.05) is 13.1 Å². The molecule has 0 radical (unpaired) electrons. The van der Waals surface area contributed by atoms with Gasteiger partial charge in [0.05, 0.1) is 17.1 Å². The van der Waals surface area contributed by atoms with Gasteiger partial charge >= 0.3 is 0 Å². The third-order valence-corrected chi connectivity index (χ3v) is 9.02. The number of nitrogens with zero attached hydrogens (tertiary/aromatic N) is 2. The summed E-state index contributed by atoms with van der Waals surface area (Å²) in [5.74, 6) is 0.0254. The number of amides is 1. The zero-order valence-corrected chi connectivity index (χ0v) is 22.8. The van der Waals surface area contributed by atoms with Gasteiger partial charge in [0.2, 0.25) is 0 Å². The highest BCUT2D eigenvalue weighted by Crippen LogP contribution is 2.37. The smallest absolute Gasteiger partial charge is 0.264 e. The predicted octanol–water partition coefficient (Wildman–Crippen LogP) is 4.56. The zero-order valence-electron chi connectivity index (χ0n) is 22.0. The highest BCUT2D eigenvalue weighted by atomic mass is 32.2. The molecule has 1 unspecified atom stereocenters. The Labute approximate surface area is 225 Å². The lowest BCUT2D eigenvalue weighted by atomic mass is 10.1. The van der Waals surface area contributed by atoms with E-state index in [1.54, 1.807) is 36.4 Å². The summed E-state index contributed by atoms with van der Waals surface area (Å²) < 4.78 is 34.6. The summed E-state index contributed by atoms with van der Waals surface area (Å²) in [6, 6.07) is 20.4. The van der Waals surface area contributed by atoms with E-state index in [0.29, 0.717) is 18.0 Å². The average Bonchev–Trinajstić information content (AvgIpc) is 2.92. The van der Waals surface area contributed by atoms with Gasteiger partial charge in [-0.25, -0.2) is 8.42 Å². The largest absolute Gasteiger partial charge is 0.476 e. The topological polar surface area (TPSA) is 79.0 Å². The van der Waals surface area contributed by atoms with Crippen molar-refractivity contribution in [2.75, 3.05) is 23.9 Å². The second kappa shape index (κ2) is 11.2. The summed E-state index contributed by atoms with van der Waals surface area (Å²) >= 11 is 0. The second-order valence-electron chi connectivity index (χ2n) is 10.3. The molecule has 8 heteroatoms. The molecule has 7 nitrogen and oxygen atoms in total. The molecule has 1 atom stereocenters. The van der Waals surface area contributed by atoms with Crippen molar-refractivity contribution in [1.82, 2.24) is 10.2 Å². The first-order valence-electron chi connectivity index (χ1n) is 13.2. The van der Waals surface area contributed by atoms with E-state index in [1.807, 2.05) is 32.0 Å². The third kappa shape index (κ3) is 5.87. The van der Waals surface area contributed by atoms with Crippen LogP contribution in [0.25, 0.3) is 0 Å². The number of hydrogen-bond donors (Lipinski definition) is 1. The number of rotatable bonds is 7. The number of likely N-dealkylation sites (tertiary alicyclic amines) is 1. The Hall–Kier alpha value is -3.36. The van der Waals surface area contributed by atoms with Crippen molar-refractivity contribution in [1.29, 1.82) is 0 Å². The number of piperidine rings is 1. The Balaban J connectivity index is 1.28. The first kappa shape index (κ1) is 26.3. The van der Waals surface area contributed by atoms with Crippen molar-refractivity contribution in [3.63, 3.8) is 0 Å². The van der Waals surface area contributed by atoms with Crippen molar-refractivity contribution in [2.24, 2.45) is 0 Å². The minimum Gasteiger partial charge on any atom is -0.476 e. The fourth-order valence-electron chi connectivity index (χ4n) is 5.00. The molecule has 0 spiro atoms. The van der Waals surface area contributed by atoms with Gasteiger partial charge < -0.3 is 10.1 Å². The Bertz CT molecular complexity index is 1380. The third-order valence-electron chi connectivity index (χ3n) is 7.23. The van der Waals surface area contributed by atoms with E-state index in [0.717, 1.165) is 36.3 Å². The fourth-order valence-corrected chi connectivity index (χ4v) is 6.47. The molecule has 5 rings (SSSR count). The normalized spacial score (nSPS) is 17.9. The molecule has 1 N–H and O–H groups in total. The molecule has 0 aromatic heterocycles. The van der Waals surface area contributed by atoms with Crippen LogP contribution in [0.4, 0.5) is 5.69 Å². The van der Waals surface area contributed by atoms with E-state index in [-0.39, 0.29) is 17.3 Å². The lowest BCUT2D eigenvalue weighted by Crippen LogP contribution is -2.50. The monoisotopic (exact) mass is 533 g/mol. The molecule has 38 heavy (non-hydrogen) atoms. The molecule has 2 aliphatic heterocycles. The van der Waals surface area contributed by atoms with Crippen LogP contribution in [-0.2, 0) is 27.9 Å². The van der Waals surface area contributed by atoms with E-state index in [1.165, 1.54) is 29.1 Å². The molecule has 1 fully saturated rings. The van der Waals surface area contributed by atoms with Gasteiger partial charge in [-0.2, -0.15) is 0 Å². The molecule has 1 saturated heterocycles. The second-order valence-corrected chi connectivity index (χ2v) is 12.2. The molecule has 0 bridgehead atoms. The standard InChI is InChI=1S/C30H35N3O4S/c1-22-6-13-26(14-7-22)38(35,36)33-21-29(37-28-15-8-23(2)18-27(28)33)30(34)31-19-24-9-11-25(12-10-24)20-32-16-4-3-5-17-32/h6-15,18,29H,3-5,16-17,19-21H2,1-2H3,(H,31,34). The molecule has 0 saturated carbocycles. The van der Waals surface area contributed by atoms with Crippen LogP contribution in [0.1, 0.15) is 41.5 Å². The summed E-state index contributed by atoms with van der Waals surface area (Å²) in [4.78, 5) is 15.8. The first-order chi connectivity index (χ1) is 18.3. The maximum atomic E-state index is 13.6. The van der Waals surface area contributed by atoms with Gasteiger partial charge in [-0.05, 0) is 80.7 Å². The molecule has 200 valence electrons. The number of hydrogen-bond acceptors (Lipinski definition) is 5. The van der Waals surface area contributed by atoms with Crippen molar-refractivity contribution in [3.8, 4) is 5.75 Å². The van der Waals surface area contributed by atoms with E-state index in [9.17, 15) is 13.2 Å². The zero-order chi connectivity index (χ0) is 26.7. The van der Waals surface area contributed by atoms with E-state index < -0.39 is 16.1 Å². The predicted molar refractivity (Wildman–Crippen MR) is 149 cm³/mol. The maximum Gasteiger partial charge on any atom is 0.264 e.